The zero-order chi connectivity index (χ0) is 19.3. The average molecular weight is 397 g/mol. The van der Waals surface area contributed by atoms with Gasteiger partial charge in [0.2, 0.25) is 5.91 Å². The molecule has 9 heteroatoms. The third-order valence-electron chi connectivity index (χ3n) is 3.90. The molecule has 2 rings (SSSR count). The lowest BCUT2D eigenvalue weighted by Gasteiger charge is -2.13. The molecular formula is C17H24N4O3S2. The van der Waals surface area contributed by atoms with Gasteiger partial charge in [-0.2, -0.15) is 0 Å². The average Bonchev–Trinajstić information content (AvgIpc) is 3.00. The molecule has 0 aliphatic rings. The van der Waals surface area contributed by atoms with Crippen LogP contribution in [0.2, 0.25) is 0 Å². The number of carbonyl (C=O) groups excluding carboxylic acids is 1. The molecule has 1 amide bonds. The molecule has 0 aliphatic carbocycles. The molecule has 0 radical (unpaired) electrons. The van der Waals surface area contributed by atoms with Crippen LogP contribution in [0.25, 0.3) is 0 Å². The Balaban J connectivity index is 2.12. The topological polar surface area (TPSA) is 108 Å². The van der Waals surface area contributed by atoms with E-state index in [1.54, 1.807) is 18.0 Å². The third-order valence-corrected chi connectivity index (χ3v) is 6.46. The molecule has 1 aromatic heterocycles. The number of thioether (sulfide) groups is 1. The zero-order valence-electron chi connectivity index (χ0n) is 15.1. The number of hydrogen-bond donors (Lipinski definition) is 1. The molecule has 0 bridgehead atoms. The number of nitrogens with zero attached hydrogens (tertiary/aromatic N) is 3. The molecule has 0 saturated carbocycles. The standard InChI is InChI=1S/C17H24N4O3S2/c1-12(2)14-6-4-5-7-15(14)25-11-13-10-21(20-19-13)17(26(3,23)24)9-8-16(18)22/h4-7,10,12,17H,8-9,11H2,1-3H3,(H2,18,22). The molecule has 0 spiro atoms. The van der Waals surface area contributed by atoms with Crippen LogP contribution in [0.3, 0.4) is 0 Å². The quantitative estimate of drug-likeness (QED) is 0.653. The highest BCUT2D eigenvalue weighted by molar-refractivity contribution is 7.98. The molecule has 142 valence electrons. The van der Waals surface area contributed by atoms with Crippen molar-refractivity contribution in [3.05, 3.63) is 41.7 Å². The van der Waals surface area contributed by atoms with Crippen molar-refractivity contribution in [3.63, 3.8) is 0 Å². The molecular weight excluding hydrogens is 372 g/mol. The molecule has 1 atom stereocenters. The Kier molecular flexibility index (Phi) is 6.82. The van der Waals surface area contributed by atoms with Crippen molar-refractivity contribution in [2.45, 2.75) is 48.6 Å². The number of amides is 1. The van der Waals surface area contributed by atoms with Gasteiger partial charge in [-0.1, -0.05) is 37.3 Å². The molecule has 7 nitrogen and oxygen atoms in total. The second-order valence-electron chi connectivity index (χ2n) is 6.46. The smallest absolute Gasteiger partial charge is 0.217 e. The van der Waals surface area contributed by atoms with Gasteiger partial charge in [-0.25, -0.2) is 13.1 Å². The minimum atomic E-state index is -3.44. The molecule has 1 heterocycles. The Hall–Kier alpha value is -1.87. The van der Waals surface area contributed by atoms with Crippen LogP contribution in [0.15, 0.2) is 35.4 Å². The van der Waals surface area contributed by atoms with E-state index in [1.807, 2.05) is 12.1 Å². The molecule has 1 aromatic carbocycles. The summed E-state index contributed by atoms with van der Waals surface area (Å²) in [5.41, 5.74) is 7.08. The van der Waals surface area contributed by atoms with E-state index in [0.29, 0.717) is 17.4 Å². The number of aromatic nitrogens is 3. The van der Waals surface area contributed by atoms with Crippen LogP contribution in [-0.2, 0) is 20.4 Å². The van der Waals surface area contributed by atoms with Gasteiger partial charge in [0, 0.05) is 23.3 Å². The first kappa shape index (κ1) is 20.4. The van der Waals surface area contributed by atoms with E-state index in [4.69, 9.17) is 5.73 Å². The number of nitrogens with two attached hydrogens (primary N) is 1. The zero-order valence-corrected chi connectivity index (χ0v) is 16.8. The molecule has 26 heavy (non-hydrogen) atoms. The van der Waals surface area contributed by atoms with Gasteiger partial charge in [-0.3, -0.25) is 4.79 Å². The van der Waals surface area contributed by atoms with Gasteiger partial charge in [-0.05, 0) is 24.0 Å². The van der Waals surface area contributed by atoms with Gasteiger partial charge in [0.05, 0.1) is 11.9 Å². The fourth-order valence-electron chi connectivity index (χ4n) is 2.57. The van der Waals surface area contributed by atoms with Crippen molar-refractivity contribution in [2.75, 3.05) is 6.26 Å². The molecule has 0 aliphatic heterocycles. The molecule has 1 unspecified atom stereocenters. The Bertz CT molecular complexity index is 862. The summed E-state index contributed by atoms with van der Waals surface area (Å²) in [6, 6.07) is 8.18. The van der Waals surface area contributed by atoms with Crippen LogP contribution >= 0.6 is 11.8 Å². The molecule has 0 fully saturated rings. The van der Waals surface area contributed by atoms with E-state index in [-0.39, 0.29) is 12.8 Å². The van der Waals surface area contributed by atoms with Crippen molar-refractivity contribution in [3.8, 4) is 0 Å². The van der Waals surface area contributed by atoms with E-state index in [2.05, 4.69) is 36.3 Å². The van der Waals surface area contributed by atoms with Crippen molar-refractivity contribution < 1.29 is 13.2 Å². The number of sulfone groups is 1. The highest BCUT2D eigenvalue weighted by Gasteiger charge is 2.24. The van der Waals surface area contributed by atoms with Crippen LogP contribution in [0, 0.1) is 0 Å². The summed E-state index contributed by atoms with van der Waals surface area (Å²) in [7, 11) is -3.44. The maximum atomic E-state index is 12.0. The van der Waals surface area contributed by atoms with Gasteiger partial charge in [-0.15, -0.1) is 16.9 Å². The van der Waals surface area contributed by atoms with E-state index >= 15 is 0 Å². The highest BCUT2D eigenvalue weighted by atomic mass is 32.2. The maximum absolute atomic E-state index is 12.0. The summed E-state index contributed by atoms with van der Waals surface area (Å²) in [4.78, 5) is 12.2. The normalized spacial score (nSPS) is 13.1. The van der Waals surface area contributed by atoms with E-state index in [0.717, 1.165) is 6.26 Å². The fraction of sp³-hybridized carbons (Fsp3) is 0.471. The Labute approximate surface area is 158 Å². The second kappa shape index (κ2) is 8.68. The molecule has 2 aromatic rings. The number of primary amides is 1. The number of hydrogen-bond acceptors (Lipinski definition) is 6. The number of carbonyl (C=O) groups is 1. The molecule has 2 N–H and O–H groups in total. The lowest BCUT2D eigenvalue weighted by Crippen LogP contribution is -2.22. The Morgan fingerprint density at radius 2 is 2.00 bits per heavy atom. The third kappa shape index (κ3) is 5.57. The largest absolute Gasteiger partial charge is 0.370 e. The SMILES string of the molecule is CC(C)c1ccccc1SCc1cn(C(CCC(N)=O)S(C)(=O)=O)nn1. The number of benzene rings is 1. The van der Waals surface area contributed by atoms with Crippen LogP contribution in [-0.4, -0.2) is 35.6 Å². The van der Waals surface area contributed by atoms with Crippen molar-refractivity contribution in [1.82, 2.24) is 15.0 Å². The van der Waals surface area contributed by atoms with E-state index in [1.165, 1.54) is 15.1 Å². The van der Waals surface area contributed by atoms with Crippen LogP contribution in [0.5, 0.6) is 0 Å². The minimum Gasteiger partial charge on any atom is -0.370 e. The lowest BCUT2D eigenvalue weighted by molar-refractivity contribution is -0.118. The van der Waals surface area contributed by atoms with E-state index < -0.39 is 21.1 Å². The summed E-state index contributed by atoms with van der Waals surface area (Å²) < 4.78 is 25.3. The second-order valence-corrected chi connectivity index (χ2v) is 9.68. The first-order valence-corrected chi connectivity index (χ1v) is 11.2. The Morgan fingerprint density at radius 1 is 1.31 bits per heavy atom. The van der Waals surface area contributed by atoms with Crippen LogP contribution in [0.4, 0.5) is 0 Å². The van der Waals surface area contributed by atoms with Crippen molar-refractivity contribution in [1.29, 1.82) is 0 Å². The van der Waals surface area contributed by atoms with Crippen molar-refractivity contribution >= 4 is 27.5 Å². The van der Waals surface area contributed by atoms with Crippen LogP contribution in [0.1, 0.15) is 49.2 Å². The van der Waals surface area contributed by atoms with Crippen LogP contribution < -0.4 is 5.73 Å². The first-order chi connectivity index (χ1) is 12.2. The van der Waals surface area contributed by atoms with Gasteiger partial charge in [0.1, 0.15) is 0 Å². The predicted octanol–water partition coefficient (Wildman–Crippen LogP) is 2.50. The maximum Gasteiger partial charge on any atom is 0.217 e. The predicted molar refractivity (Wildman–Crippen MR) is 102 cm³/mol. The first-order valence-electron chi connectivity index (χ1n) is 8.28. The van der Waals surface area contributed by atoms with Gasteiger partial charge >= 0.3 is 0 Å². The van der Waals surface area contributed by atoms with Crippen molar-refractivity contribution in [2.24, 2.45) is 5.73 Å². The van der Waals surface area contributed by atoms with Gasteiger partial charge in [0.25, 0.3) is 0 Å². The summed E-state index contributed by atoms with van der Waals surface area (Å²) in [6.45, 7) is 4.29. The summed E-state index contributed by atoms with van der Waals surface area (Å²) in [6.07, 6.45) is 2.80. The summed E-state index contributed by atoms with van der Waals surface area (Å²) >= 11 is 1.64. The minimum absolute atomic E-state index is 0.0244. The summed E-state index contributed by atoms with van der Waals surface area (Å²) in [5.74, 6) is 0.452. The Morgan fingerprint density at radius 3 is 2.62 bits per heavy atom. The molecule has 0 saturated heterocycles. The highest BCUT2D eigenvalue weighted by Crippen LogP contribution is 2.30. The summed E-state index contributed by atoms with van der Waals surface area (Å²) in [5, 5.41) is 7.09. The van der Waals surface area contributed by atoms with Gasteiger partial charge < -0.3 is 5.73 Å². The lowest BCUT2D eigenvalue weighted by atomic mass is 10.0. The number of rotatable bonds is 9. The van der Waals surface area contributed by atoms with Gasteiger partial charge in [0.15, 0.2) is 15.2 Å². The monoisotopic (exact) mass is 396 g/mol. The van der Waals surface area contributed by atoms with E-state index in [9.17, 15) is 13.2 Å². The fourth-order valence-corrected chi connectivity index (χ4v) is 4.69.